The van der Waals surface area contributed by atoms with E-state index in [4.69, 9.17) is 4.98 Å². The Kier molecular flexibility index (Phi) is 4.11. The van der Waals surface area contributed by atoms with Crippen molar-refractivity contribution in [1.29, 1.82) is 0 Å². The summed E-state index contributed by atoms with van der Waals surface area (Å²) in [6.07, 6.45) is 7.23. The molecule has 0 spiro atoms. The van der Waals surface area contributed by atoms with Gasteiger partial charge in [0.25, 0.3) is 0 Å². The van der Waals surface area contributed by atoms with Gasteiger partial charge in [-0.25, -0.2) is 9.97 Å². The Morgan fingerprint density at radius 1 is 1.35 bits per heavy atom. The van der Waals surface area contributed by atoms with Crippen molar-refractivity contribution in [3.8, 4) is 0 Å². The molecule has 1 aromatic rings. The quantitative estimate of drug-likeness (QED) is 0.868. The zero-order valence-corrected chi connectivity index (χ0v) is 11.2. The molecular weight excluding hydrogens is 210 g/mol. The minimum Gasteiger partial charge on any atom is -0.316 e. The van der Waals surface area contributed by atoms with Crippen LogP contribution in [0.1, 0.15) is 68.4 Å². The number of nitrogens with one attached hydrogen (secondary N) is 1. The largest absolute Gasteiger partial charge is 0.316 e. The number of hydrogen-bond acceptors (Lipinski definition) is 3. The predicted molar refractivity (Wildman–Crippen MR) is 70.1 cm³/mol. The Morgan fingerprint density at radius 3 is 2.65 bits per heavy atom. The van der Waals surface area contributed by atoms with E-state index in [2.05, 4.69) is 24.1 Å². The van der Waals surface area contributed by atoms with Crippen molar-refractivity contribution in [2.45, 2.75) is 57.9 Å². The van der Waals surface area contributed by atoms with Crippen LogP contribution in [0.4, 0.5) is 0 Å². The van der Waals surface area contributed by atoms with Crippen molar-refractivity contribution < 1.29 is 0 Å². The Labute approximate surface area is 104 Å². The second-order valence-corrected chi connectivity index (χ2v) is 5.31. The fourth-order valence-electron chi connectivity index (χ4n) is 2.64. The van der Waals surface area contributed by atoms with Gasteiger partial charge in [-0.2, -0.15) is 0 Å². The van der Waals surface area contributed by atoms with Crippen molar-refractivity contribution in [2.24, 2.45) is 0 Å². The first-order valence-electron chi connectivity index (χ1n) is 6.72. The SMILES string of the molecule is CNCc1cnc(C2CCCC2)nc1C(C)C. The van der Waals surface area contributed by atoms with Gasteiger partial charge >= 0.3 is 0 Å². The van der Waals surface area contributed by atoms with Crippen LogP contribution in [0.25, 0.3) is 0 Å². The summed E-state index contributed by atoms with van der Waals surface area (Å²) in [5.74, 6) is 2.16. The summed E-state index contributed by atoms with van der Waals surface area (Å²) >= 11 is 0. The van der Waals surface area contributed by atoms with E-state index in [0.29, 0.717) is 11.8 Å². The number of aromatic nitrogens is 2. The van der Waals surface area contributed by atoms with Crippen LogP contribution >= 0.6 is 0 Å². The third-order valence-corrected chi connectivity index (χ3v) is 3.55. The molecule has 0 aromatic carbocycles. The average molecular weight is 233 g/mol. The molecule has 0 aliphatic heterocycles. The highest BCUT2D eigenvalue weighted by Crippen LogP contribution is 2.32. The first-order chi connectivity index (χ1) is 8.22. The highest BCUT2D eigenvalue weighted by molar-refractivity contribution is 5.21. The molecule has 1 fully saturated rings. The van der Waals surface area contributed by atoms with Crippen LogP contribution in [-0.2, 0) is 6.54 Å². The van der Waals surface area contributed by atoms with E-state index >= 15 is 0 Å². The minimum absolute atomic E-state index is 0.474. The topological polar surface area (TPSA) is 37.8 Å². The molecule has 94 valence electrons. The second kappa shape index (κ2) is 5.58. The minimum atomic E-state index is 0.474. The fraction of sp³-hybridized carbons (Fsp3) is 0.714. The molecule has 0 amide bonds. The Bertz CT molecular complexity index is 368. The molecule has 17 heavy (non-hydrogen) atoms. The van der Waals surface area contributed by atoms with Crippen molar-refractivity contribution in [1.82, 2.24) is 15.3 Å². The van der Waals surface area contributed by atoms with Crippen LogP contribution in [0.2, 0.25) is 0 Å². The van der Waals surface area contributed by atoms with E-state index in [1.165, 1.54) is 36.9 Å². The van der Waals surface area contributed by atoms with Crippen molar-refractivity contribution in [2.75, 3.05) is 7.05 Å². The molecule has 0 saturated heterocycles. The lowest BCUT2D eigenvalue weighted by molar-refractivity contribution is 0.641. The first kappa shape index (κ1) is 12.5. The average Bonchev–Trinajstić information content (AvgIpc) is 2.83. The normalized spacial score (nSPS) is 16.9. The number of rotatable bonds is 4. The lowest BCUT2D eigenvalue weighted by atomic mass is 10.0. The molecule has 1 aromatic heterocycles. The van der Waals surface area contributed by atoms with Gasteiger partial charge in [0.15, 0.2) is 0 Å². The molecule has 0 bridgehead atoms. The van der Waals surface area contributed by atoms with Crippen LogP contribution in [-0.4, -0.2) is 17.0 Å². The Balaban J connectivity index is 2.27. The summed E-state index contributed by atoms with van der Waals surface area (Å²) in [6, 6.07) is 0. The fourth-order valence-corrected chi connectivity index (χ4v) is 2.64. The van der Waals surface area contributed by atoms with Crippen molar-refractivity contribution in [3.05, 3.63) is 23.3 Å². The Morgan fingerprint density at radius 2 is 2.06 bits per heavy atom. The van der Waals surface area contributed by atoms with Gasteiger partial charge in [-0.3, -0.25) is 0 Å². The molecule has 1 N–H and O–H groups in total. The van der Waals surface area contributed by atoms with Gasteiger partial charge in [-0.05, 0) is 25.8 Å². The summed E-state index contributed by atoms with van der Waals surface area (Å²) in [5.41, 5.74) is 2.46. The highest BCUT2D eigenvalue weighted by Gasteiger charge is 2.21. The molecule has 1 heterocycles. The van der Waals surface area contributed by atoms with Crippen LogP contribution < -0.4 is 5.32 Å². The molecule has 1 aliphatic carbocycles. The standard InChI is InChI=1S/C14H23N3/c1-10(2)13-12(8-15-3)9-16-14(17-13)11-6-4-5-7-11/h9-11,15H,4-8H2,1-3H3. The van der Waals surface area contributed by atoms with Crippen LogP contribution in [0.3, 0.4) is 0 Å². The van der Waals surface area contributed by atoms with Gasteiger partial charge in [-0.15, -0.1) is 0 Å². The summed E-state index contributed by atoms with van der Waals surface area (Å²) < 4.78 is 0. The number of hydrogen-bond donors (Lipinski definition) is 1. The maximum Gasteiger partial charge on any atom is 0.131 e. The molecule has 1 saturated carbocycles. The molecule has 0 atom stereocenters. The van der Waals surface area contributed by atoms with Crippen molar-refractivity contribution >= 4 is 0 Å². The predicted octanol–water partition coefficient (Wildman–Crippen LogP) is 2.98. The van der Waals surface area contributed by atoms with Gasteiger partial charge in [0.2, 0.25) is 0 Å². The van der Waals surface area contributed by atoms with Crippen LogP contribution in [0.15, 0.2) is 6.20 Å². The molecule has 3 heteroatoms. The van der Waals surface area contributed by atoms with E-state index in [9.17, 15) is 0 Å². The van der Waals surface area contributed by atoms with Crippen LogP contribution in [0, 0.1) is 0 Å². The lowest BCUT2D eigenvalue weighted by Crippen LogP contribution is -2.13. The molecule has 1 aliphatic rings. The van der Waals surface area contributed by atoms with E-state index in [1.807, 2.05) is 13.2 Å². The molecular formula is C14H23N3. The maximum atomic E-state index is 4.82. The van der Waals surface area contributed by atoms with E-state index in [0.717, 1.165) is 12.4 Å². The summed E-state index contributed by atoms with van der Waals surface area (Å²) in [6.45, 7) is 5.28. The lowest BCUT2D eigenvalue weighted by Gasteiger charge is -2.15. The van der Waals surface area contributed by atoms with Gasteiger partial charge in [0.05, 0.1) is 5.69 Å². The highest BCUT2D eigenvalue weighted by atomic mass is 14.9. The summed E-state index contributed by atoms with van der Waals surface area (Å²) in [4.78, 5) is 9.39. The van der Waals surface area contributed by atoms with E-state index in [1.54, 1.807) is 0 Å². The summed E-state index contributed by atoms with van der Waals surface area (Å²) in [5, 5.41) is 3.19. The Hall–Kier alpha value is -0.960. The molecule has 0 unspecified atom stereocenters. The molecule has 3 nitrogen and oxygen atoms in total. The van der Waals surface area contributed by atoms with Gasteiger partial charge in [0.1, 0.15) is 5.82 Å². The van der Waals surface area contributed by atoms with Gasteiger partial charge in [0, 0.05) is 24.2 Å². The maximum absolute atomic E-state index is 4.82. The van der Waals surface area contributed by atoms with Gasteiger partial charge in [-0.1, -0.05) is 26.7 Å². The smallest absolute Gasteiger partial charge is 0.131 e. The zero-order valence-electron chi connectivity index (χ0n) is 11.2. The zero-order chi connectivity index (χ0) is 12.3. The van der Waals surface area contributed by atoms with Gasteiger partial charge < -0.3 is 5.32 Å². The van der Waals surface area contributed by atoms with E-state index < -0.39 is 0 Å². The van der Waals surface area contributed by atoms with E-state index in [-0.39, 0.29) is 0 Å². The molecule has 0 radical (unpaired) electrons. The second-order valence-electron chi connectivity index (χ2n) is 5.31. The monoisotopic (exact) mass is 233 g/mol. The number of nitrogens with zero attached hydrogens (tertiary/aromatic N) is 2. The summed E-state index contributed by atoms with van der Waals surface area (Å²) in [7, 11) is 1.97. The van der Waals surface area contributed by atoms with Crippen molar-refractivity contribution in [3.63, 3.8) is 0 Å². The van der Waals surface area contributed by atoms with Crippen LogP contribution in [0.5, 0.6) is 0 Å². The third kappa shape index (κ3) is 2.83. The molecule has 2 rings (SSSR count). The first-order valence-corrected chi connectivity index (χ1v) is 6.72. The third-order valence-electron chi connectivity index (χ3n) is 3.55.